The average molecular weight is 468 g/mol. The molecule has 6 nitrogen and oxygen atoms in total. The number of aryl methyl sites for hydroxylation is 1. The van der Waals surface area contributed by atoms with Crippen LogP contribution in [-0.2, 0) is 18.0 Å². The summed E-state index contributed by atoms with van der Waals surface area (Å²) in [6.45, 7) is 1.89. The maximum Gasteiger partial charge on any atom is 0.419 e. The first-order chi connectivity index (χ1) is 15.6. The van der Waals surface area contributed by atoms with Crippen LogP contribution >= 0.6 is 0 Å². The number of benzene rings is 1. The first-order valence-corrected chi connectivity index (χ1v) is 10.6. The Morgan fingerprint density at radius 2 is 1.85 bits per heavy atom. The van der Waals surface area contributed by atoms with Crippen LogP contribution in [0.5, 0.6) is 5.75 Å². The minimum Gasteiger partial charge on any atom is -0.503 e. The summed E-state index contributed by atoms with van der Waals surface area (Å²) in [6.07, 6.45) is 0.485. The van der Waals surface area contributed by atoms with E-state index in [1.54, 1.807) is 13.1 Å². The highest BCUT2D eigenvalue weighted by Crippen LogP contribution is 2.42. The van der Waals surface area contributed by atoms with Crippen molar-refractivity contribution in [2.24, 2.45) is 7.05 Å². The standard InChI is InChI=1S/C22H21F5N4O2/c1-30-15-9-16(31-6-7-33-21(11-31)4-2-3-5-21)28-10-13(15)19(29-30)12-8-14(22(25,26)27)18(24)20(32)17(12)23/h8-10,32H,2-7,11H2,1H3. The zero-order chi connectivity index (χ0) is 23.5. The molecule has 0 unspecified atom stereocenters. The van der Waals surface area contributed by atoms with E-state index < -0.39 is 34.7 Å². The molecule has 3 heterocycles. The van der Waals surface area contributed by atoms with Gasteiger partial charge in [-0.05, 0) is 18.9 Å². The molecule has 0 bridgehead atoms. The van der Waals surface area contributed by atoms with Crippen LogP contribution in [0.1, 0.15) is 31.2 Å². The number of nitrogens with zero attached hydrogens (tertiary/aromatic N) is 4. The number of phenols is 1. The van der Waals surface area contributed by atoms with E-state index in [1.807, 2.05) is 0 Å². The fourth-order valence-corrected chi connectivity index (χ4v) is 4.88. The quantitative estimate of drug-likeness (QED) is 0.548. The summed E-state index contributed by atoms with van der Waals surface area (Å²) in [5.41, 5.74) is -2.26. The summed E-state index contributed by atoms with van der Waals surface area (Å²) in [6, 6.07) is 2.07. The fourth-order valence-electron chi connectivity index (χ4n) is 4.88. The Balaban J connectivity index is 1.58. The van der Waals surface area contributed by atoms with E-state index in [0.717, 1.165) is 25.7 Å². The average Bonchev–Trinajstić information content (AvgIpc) is 3.35. The molecule has 11 heteroatoms. The van der Waals surface area contributed by atoms with Crippen molar-refractivity contribution in [1.29, 1.82) is 0 Å². The molecule has 3 aromatic rings. The van der Waals surface area contributed by atoms with Crippen LogP contribution in [0.4, 0.5) is 27.8 Å². The van der Waals surface area contributed by atoms with Gasteiger partial charge in [-0.3, -0.25) is 4.68 Å². The Kier molecular flexibility index (Phi) is 5.00. The Hall–Kier alpha value is -2.95. The summed E-state index contributed by atoms with van der Waals surface area (Å²) < 4.78 is 75.7. The molecule has 1 aromatic carbocycles. The summed E-state index contributed by atoms with van der Waals surface area (Å²) >= 11 is 0. The molecule has 1 N–H and O–H groups in total. The lowest BCUT2D eigenvalue weighted by Gasteiger charge is -2.41. The molecule has 33 heavy (non-hydrogen) atoms. The number of phenolic OH excluding ortho intramolecular Hbond substituents is 1. The fraction of sp³-hybridized carbons (Fsp3) is 0.455. The predicted molar refractivity (Wildman–Crippen MR) is 110 cm³/mol. The molecule has 5 rings (SSSR count). The van der Waals surface area contributed by atoms with Crippen molar-refractivity contribution in [2.45, 2.75) is 37.5 Å². The zero-order valence-corrected chi connectivity index (χ0v) is 17.7. The smallest absolute Gasteiger partial charge is 0.419 e. The topological polar surface area (TPSA) is 63.4 Å². The van der Waals surface area contributed by atoms with Gasteiger partial charge < -0.3 is 14.7 Å². The van der Waals surface area contributed by atoms with Gasteiger partial charge in [-0.2, -0.15) is 18.3 Å². The number of hydrogen-bond acceptors (Lipinski definition) is 5. The van der Waals surface area contributed by atoms with E-state index in [9.17, 15) is 27.1 Å². The van der Waals surface area contributed by atoms with Gasteiger partial charge in [0.1, 0.15) is 11.5 Å². The SMILES string of the molecule is Cn1nc(-c2cc(C(F)(F)F)c(F)c(O)c2F)c2cnc(N3CCOC4(CCCC4)C3)cc21. The summed E-state index contributed by atoms with van der Waals surface area (Å²) in [7, 11) is 1.57. The lowest BCUT2D eigenvalue weighted by atomic mass is 9.99. The lowest BCUT2D eigenvalue weighted by Crippen LogP contribution is -2.50. The molecule has 0 amide bonds. The van der Waals surface area contributed by atoms with Gasteiger partial charge >= 0.3 is 6.18 Å². The minimum absolute atomic E-state index is 0.168. The van der Waals surface area contributed by atoms with Gasteiger partial charge in [0.2, 0.25) is 0 Å². The maximum absolute atomic E-state index is 14.6. The van der Waals surface area contributed by atoms with Crippen LogP contribution in [0.2, 0.25) is 0 Å². The van der Waals surface area contributed by atoms with E-state index in [0.29, 0.717) is 37.1 Å². The second-order valence-electron chi connectivity index (χ2n) is 8.64. The van der Waals surface area contributed by atoms with Gasteiger partial charge in [-0.15, -0.1) is 0 Å². The maximum atomic E-state index is 14.6. The number of morpholine rings is 1. The largest absolute Gasteiger partial charge is 0.503 e. The normalized spacial score (nSPS) is 18.5. The molecule has 0 atom stereocenters. The third-order valence-corrected chi connectivity index (χ3v) is 6.55. The molecule has 2 aromatic heterocycles. The number of anilines is 1. The van der Waals surface area contributed by atoms with Crippen molar-refractivity contribution < 1.29 is 31.8 Å². The number of halogens is 5. The number of pyridine rings is 1. The number of alkyl halides is 3. The van der Waals surface area contributed by atoms with Gasteiger partial charge in [-0.25, -0.2) is 13.8 Å². The number of fused-ring (bicyclic) bond motifs is 1. The van der Waals surface area contributed by atoms with E-state index in [4.69, 9.17) is 4.74 Å². The second-order valence-corrected chi connectivity index (χ2v) is 8.64. The van der Waals surface area contributed by atoms with Crippen LogP contribution in [0, 0.1) is 11.6 Å². The van der Waals surface area contributed by atoms with Crippen LogP contribution in [0.25, 0.3) is 22.2 Å². The van der Waals surface area contributed by atoms with Crippen LogP contribution in [0.3, 0.4) is 0 Å². The number of rotatable bonds is 2. The van der Waals surface area contributed by atoms with Gasteiger partial charge in [0.15, 0.2) is 17.4 Å². The van der Waals surface area contributed by atoms with E-state index in [1.165, 1.54) is 10.9 Å². The first-order valence-electron chi connectivity index (χ1n) is 10.6. The predicted octanol–water partition coefficient (Wildman–Crippen LogP) is 4.79. The first kappa shape index (κ1) is 21.9. The highest BCUT2D eigenvalue weighted by molar-refractivity contribution is 5.94. The molecule has 176 valence electrons. The Morgan fingerprint density at radius 3 is 2.55 bits per heavy atom. The molecule has 1 saturated carbocycles. The van der Waals surface area contributed by atoms with Gasteiger partial charge in [-0.1, -0.05) is 12.8 Å². The molecule has 0 radical (unpaired) electrons. The monoisotopic (exact) mass is 468 g/mol. The molecule has 1 spiro atoms. The second kappa shape index (κ2) is 7.54. The van der Waals surface area contributed by atoms with Gasteiger partial charge in [0, 0.05) is 43.4 Å². The molecule has 1 aliphatic carbocycles. The van der Waals surface area contributed by atoms with Crippen LogP contribution < -0.4 is 4.90 Å². The van der Waals surface area contributed by atoms with Crippen LogP contribution in [-0.4, -0.2) is 45.2 Å². The Morgan fingerprint density at radius 1 is 1.12 bits per heavy atom. The third kappa shape index (κ3) is 3.58. The molecular weight excluding hydrogens is 447 g/mol. The van der Waals surface area contributed by atoms with Crippen molar-refractivity contribution in [1.82, 2.24) is 14.8 Å². The summed E-state index contributed by atoms with van der Waals surface area (Å²) in [5.74, 6) is -4.61. The van der Waals surface area contributed by atoms with Gasteiger partial charge in [0.05, 0.1) is 23.3 Å². The lowest BCUT2D eigenvalue weighted by molar-refractivity contribution is -0.140. The Labute approximate surface area is 185 Å². The van der Waals surface area contributed by atoms with Crippen molar-refractivity contribution >= 4 is 16.7 Å². The highest BCUT2D eigenvalue weighted by atomic mass is 19.4. The number of ether oxygens (including phenoxy) is 1. The Bertz CT molecular complexity index is 1230. The number of aromatic hydroxyl groups is 1. The van der Waals surface area contributed by atoms with Gasteiger partial charge in [0.25, 0.3) is 0 Å². The molecular formula is C22H21F5N4O2. The summed E-state index contributed by atoms with van der Waals surface area (Å²) in [4.78, 5) is 6.57. The zero-order valence-electron chi connectivity index (χ0n) is 17.7. The molecule has 2 fully saturated rings. The summed E-state index contributed by atoms with van der Waals surface area (Å²) in [5, 5.41) is 14.1. The molecule has 2 aliphatic rings. The van der Waals surface area contributed by atoms with Crippen molar-refractivity contribution in [3.63, 3.8) is 0 Å². The highest BCUT2D eigenvalue weighted by Gasteiger charge is 2.40. The third-order valence-electron chi connectivity index (χ3n) is 6.55. The number of aromatic nitrogens is 3. The van der Waals surface area contributed by atoms with E-state index >= 15 is 0 Å². The van der Waals surface area contributed by atoms with Crippen molar-refractivity contribution in [2.75, 3.05) is 24.6 Å². The van der Waals surface area contributed by atoms with Crippen molar-refractivity contribution in [3.8, 4) is 17.0 Å². The van der Waals surface area contributed by atoms with Crippen LogP contribution in [0.15, 0.2) is 18.3 Å². The van der Waals surface area contributed by atoms with Crippen molar-refractivity contribution in [3.05, 3.63) is 35.5 Å². The van der Waals surface area contributed by atoms with E-state index in [2.05, 4.69) is 15.0 Å². The molecule has 1 aliphatic heterocycles. The minimum atomic E-state index is -5.12. The van der Waals surface area contributed by atoms with E-state index in [-0.39, 0.29) is 16.7 Å². The molecule has 1 saturated heterocycles. The number of hydrogen-bond donors (Lipinski definition) is 1.